The van der Waals surface area contributed by atoms with Crippen LogP contribution in [0.25, 0.3) is 0 Å². The molecule has 112 valence electrons. The van der Waals surface area contributed by atoms with Gasteiger partial charge in [-0.15, -0.1) is 0 Å². The molecule has 6 nitrogen and oxygen atoms in total. The van der Waals surface area contributed by atoms with Crippen molar-refractivity contribution in [3.63, 3.8) is 0 Å². The summed E-state index contributed by atoms with van der Waals surface area (Å²) in [7, 11) is 0. The van der Waals surface area contributed by atoms with Gasteiger partial charge in [0.05, 0.1) is 18.2 Å². The van der Waals surface area contributed by atoms with Gasteiger partial charge in [-0.05, 0) is 26.0 Å². The molecule has 0 spiro atoms. The topological polar surface area (TPSA) is 79.5 Å². The van der Waals surface area contributed by atoms with Crippen LogP contribution in [-0.4, -0.2) is 31.1 Å². The second kappa shape index (κ2) is 6.78. The molecule has 0 saturated heterocycles. The van der Waals surface area contributed by atoms with E-state index >= 15 is 0 Å². The molecule has 6 heteroatoms. The third kappa shape index (κ3) is 3.98. The van der Waals surface area contributed by atoms with Crippen LogP contribution in [0.15, 0.2) is 41.6 Å². The minimum absolute atomic E-state index is 0.204. The van der Waals surface area contributed by atoms with E-state index in [9.17, 15) is 9.59 Å². The maximum absolute atomic E-state index is 12.1. The molecule has 0 bridgehead atoms. The summed E-state index contributed by atoms with van der Waals surface area (Å²) in [5.41, 5.74) is 1.11. The number of carbonyl (C=O) groups excluding carboxylic acids is 2. The lowest BCUT2D eigenvalue weighted by molar-refractivity contribution is -0.118. The van der Waals surface area contributed by atoms with Crippen molar-refractivity contribution in [2.24, 2.45) is 0 Å². The van der Waals surface area contributed by atoms with Gasteiger partial charge in [-0.3, -0.25) is 4.79 Å². The van der Waals surface area contributed by atoms with Crippen molar-refractivity contribution in [3.05, 3.63) is 41.6 Å². The minimum atomic E-state index is -0.311. The molecular formula is C15H19N3O3. The number of rotatable bonds is 5. The van der Waals surface area contributed by atoms with Crippen LogP contribution in [-0.2, 0) is 4.79 Å². The fourth-order valence-corrected chi connectivity index (χ4v) is 2.18. The molecule has 0 saturated carbocycles. The largest absolute Gasteiger partial charge is 0.492 e. The average Bonchev–Trinajstić information content (AvgIpc) is 2.43. The second-order valence-corrected chi connectivity index (χ2v) is 4.78. The van der Waals surface area contributed by atoms with Crippen molar-refractivity contribution in [1.82, 2.24) is 16.0 Å². The van der Waals surface area contributed by atoms with Gasteiger partial charge in [0.1, 0.15) is 12.4 Å². The molecule has 1 aliphatic heterocycles. The molecule has 1 aromatic carbocycles. The first-order valence-corrected chi connectivity index (χ1v) is 6.82. The number of nitrogens with one attached hydrogen (secondary N) is 3. The molecule has 3 N–H and O–H groups in total. The minimum Gasteiger partial charge on any atom is -0.492 e. The predicted octanol–water partition coefficient (Wildman–Crippen LogP) is 1.16. The van der Waals surface area contributed by atoms with Crippen LogP contribution in [0.1, 0.15) is 13.8 Å². The van der Waals surface area contributed by atoms with Gasteiger partial charge in [0, 0.05) is 5.70 Å². The molecule has 0 aromatic heterocycles. The van der Waals surface area contributed by atoms with E-state index in [0.717, 1.165) is 5.75 Å². The first-order chi connectivity index (χ1) is 10.1. The predicted molar refractivity (Wildman–Crippen MR) is 78.8 cm³/mol. The lowest BCUT2D eigenvalue weighted by Crippen LogP contribution is -2.50. The fourth-order valence-electron chi connectivity index (χ4n) is 2.18. The number of benzene rings is 1. The van der Waals surface area contributed by atoms with Crippen molar-refractivity contribution >= 4 is 11.9 Å². The van der Waals surface area contributed by atoms with Crippen LogP contribution in [0.5, 0.6) is 5.75 Å². The van der Waals surface area contributed by atoms with Gasteiger partial charge in [-0.1, -0.05) is 18.2 Å². The average molecular weight is 289 g/mol. The molecule has 21 heavy (non-hydrogen) atoms. The third-order valence-electron chi connectivity index (χ3n) is 3.13. The zero-order valence-corrected chi connectivity index (χ0v) is 12.1. The Kier molecular flexibility index (Phi) is 4.81. The Hall–Kier alpha value is -2.50. The van der Waals surface area contributed by atoms with Crippen LogP contribution in [0, 0.1) is 0 Å². The SMILES string of the molecule is CC1=C(C(=O)NCCOc2ccccc2)[C@H](C)NC(=O)N1. The number of hydrogen-bond acceptors (Lipinski definition) is 3. The lowest BCUT2D eigenvalue weighted by atomic mass is 10.0. The molecule has 0 unspecified atom stereocenters. The maximum Gasteiger partial charge on any atom is 0.319 e. The van der Waals surface area contributed by atoms with Crippen LogP contribution in [0.3, 0.4) is 0 Å². The Morgan fingerprint density at radius 3 is 2.71 bits per heavy atom. The Morgan fingerprint density at radius 2 is 2.05 bits per heavy atom. The van der Waals surface area contributed by atoms with Gasteiger partial charge in [0.15, 0.2) is 0 Å². The molecule has 3 amide bonds. The number of hydrogen-bond donors (Lipinski definition) is 3. The van der Waals surface area contributed by atoms with E-state index < -0.39 is 0 Å². The number of ether oxygens (including phenoxy) is 1. The van der Waals surface area contributed by atoms with Gasteiger partial charge in [-0.2, -0.15) is 0 Å². The summed E-state index contributed by atoms with van der Waals surface area (Å²) in [6.45, 7) is 4.27. The van der Waals surface area contributed by atoms with Gasteiger partial charge in [-0.25, -0.2) is 4.79 Å². The standard InChI is InChI=1S/C15H19N3O3/c1-10-13(11(2)18-15(20)17-10)14(19)16-8-9-21-12-6-4-3-5-7-12/h3-7,10H,8-9H2,1-2H3,(H,16,19)(H2,17,18,20)/t10-/m0/s1. The molecule has 1 aliphatic rings. The van der Waals surface area contributed by atoms with E-state index in [0.29, 0.717) is 24.4 Å². The Bertz CT molecular complexity index is 555. The molecule has 1 atom stereocenters. The van der Waals surface area contributed by atoms with E-state index in [1.807, 2.05) is 30.3 Å². The van der Waals surface area contributed by atoms with E-state index in [1.165, 1.54) is 0 Å². The van der Waals surface area contributed by atoms with Crippen molar-refractivity contribution in [2.75, 3.05) is 13.2 Å². The Morgan fingerprint density at radius 1 is 1.33 bits per heavy atom. The number of carbonyl (C=O) groups is 2. The van der Waals surface area contributed by atoms with E-state index in [2.05, 4.69) is 16.0 Å². The van der Waals surface area contributed by atoms with Crippen molar-refractivity contribution in [1.29, 1.82) is 0 Å². The fraction of sp³-hybridized carbons (Fsp3) is 0.333. The van der Waals surface area contributed by atoms with Crippen molar-refractivity contribution < 1.29 is 14.3 Å². The van der Waals surface area contributed by atoms with Crippen LogP contribution in [0.2, 0.25) is 0 Å². The number of urea groups is 1. The van der Waals surface area contributed by atoms with Crippen LogP contribution in [0.4, 0.5) is 4.79 Å². The third-order valence-corrected chi connectivity index (χ3v) is 3.13. The molecule has 0 fully saturated rings. The number of para-hydroxylation sites is 1. The summed E-state index contributed by atoms with van der Waals surface area (Å²) < 4.78 is 5.50. The van der Waals surface area contributed by atoms with Crippen LogP contribution < -0.4 is 20.7 Å². The molecule has 2 rings (SSSR count). The van der Waals surface area contributed by atoms with Gasteiger partial charge in [0.2, 0.25) is 0 Å². The number of allylic oxidation sites excluding steroid dienone is 1. The highest BCUT2D eigenvalue weighted by molar-refractivity contribution is 5.98. The maximum atomic E-state index is 12.1. The summed E-state index contributed by atoms with van der Waals surface area (Å²) in [5, 5.41) is 8.04. The van der Waals surface area contributed by atoms with Gasteiger partial charge in [0.25, 0.3) is 5.91 Å². The van der Waals surface area contributed by atoms with Crippen molar-refractivity contribution in [3.8, 4) is 5.75 Å². The van der Waals surface area contributed by atoms with Crippen LogP contribution >= 0.6 is 0 Å². The summed E-state index contributed by atoms with van der Waals surface area (Å²) >= 11 is 0. The zero-order valence-electron chi connectivity index (χ0n) is 12.1. The quantitative estimate of drug-likeness (QED) is 0.712. The van der Waals surface area contributed by atoms with E-state index in [-0.39, 0.29) is 18.0 Å². The lowest BCUT2D eigenvalue weighted by Gasteiger charge is -2.25. The normalized spacial score (nSPS) is 17.8. The van der Waals surface area contributed by atoms with E-state index in [4.69, 9.17) is 4.74 Å². The molecular weight excluding hydrogens is 270 g/mol. The second-order valence-electron chi connectivity index (χ2n) is 4.78. The highest BCUT2D eigenvalue weighted by atomic mass is 16.5. The van der Waals surface area contributed by atoms with Gasteiger partial charge >= 0.3 is 6.03 Å². The Labute approximate surface area is 123 Å². The van der Waals surface area contributed by atoms with Crippen molar-refractivity contribution in [2.45, 2.75) is 19.9 Å². The summed E-state index contributed by atoms with van der Waals surface area (Å²) in [4.78, 5) is 23.4. The first-order valence-electron chi connectivity index (χ1n) is 6.82. The molecule has 1 heterocycles. The zero-order chi connectivity index (χ0) is 15.2. The summed E-state index contributed by atoms with van der Waals surface area (Å²) in [6.07, 6.45) is 0. The highest BCUT2D eigenvalue weighted by Gasteiger charge is 2.26. The molecule has 1 aromatic rings. The Balaban J connectivity index is 1.82. The summed E-state index contributed by atoms with van der Waals surface area (Å²) in [6, 6.07) is 8.81. The number of amides is 3. The summed E-state index contributed by atoms with van der Waals surface area (Å²) in [5.74, 6) is 0.561. The van der Waals surface area contributed by atoms with E-state index in [1.54, 1.807) is 13.8 Å². The first kappa shape index (κ1) is 14.9. The monoisotopic (exact) mass is 289 g/mol. The molecule has 0 radical (unpaired) electrons. The van der Waals surface area contributed by atoms with Gasteiger partial charge < -0.3 is 20.7 Å². The smallest absolute Gasteiger partial charge is 0.319 e. The molecule has 0 aliphatic carbocycles. The highest BCUT2D eigenvalue weighted by Crippen LogP contribution is 2.11.